The average Bonchev–Trinajstić information content (AvgIpc) is 2.94. The number of fused-ring (bicyclic) bond motifs is 1. The number of aryl methyl sites for hydroxylation is 1. The number of aliphatic imine (C=N–C) groups is 1. The van der Waals surface area contributed by atoms with Crippen molar-refractivity contribution in [2.45, 2.75) is 25.2 Å². The zero-order chi connectivity index (χ0) is 24.3. The van der Waals surface area contributed by atoms with Crippen molar-refractivity contribution in [3.63, 3.8) is 0 Å². The summed E-state index contributed by atoms with van der Waals surface area (Å²) in [6.07, 6.45) is -6.05. The first-order chi connectivity index (χ1) is 16.3. The van der Waals surface area contributed by atoms with Crippen LogP contribution < -0.4 is 10.2 Å². The van der Waals surface area contributed by atoms with Gasteiger partial charge in [0.2, 0.25) is 12.1 Å². The molecule has 1 aliphatic heterocycles. The molecule has 1 heterocycles. The predicted octanol–water partition coefficient (Wildman–Crippen LogP) is 4.59. The van der Waals surface area contributed by atoms with Crippen LogP contribution in [0.1, 0.15) is 28.7 Å². The molecule has 8 heteroatoms. The zero-order valence-electron chi connectivity index (χ0n) is 18.3. The van der Waals surface area contributed by atoms with Gasteiger partial charge in [0.05, 0.1) is 17.0 Å². The zero-order valence-corrected chi connectivity index (χ0v) is 18.3. The second-order valence-electron chi connectivity index (χ2n) is 7.88. The minimum absolute atomic E-state index is 0.0235. The SMILES string of the molecule is CN1C(=O)C(NC(=O)CCc2ccccc2C(F)(F)F)N=C(c2ccccc2)c2ccccc21. The van der Waals surface area contributed by atoms with E-state index in [1.807, 2.05) is 48.5 Å². The average molecular weight is 465 g/mol. The van der Waals surface area contributed by atoms with Gasteiger partial charge < -0.3 is 10.2 Å². The molecular formula is C26H22F3N3O2. The van der Waals surface area contributed by atoms with Gasteiger partial charge in [-0.2, -0.15) is 13.2 Å². The fraction of sp³-hybridized carbons (Fsp3) is 0.192. The quantitative estimate of drug-likeness (QED) is 0.599. The second kappa shape index (κ2) is 9.51. The number of benzodiazepines with no additional fused rings is 1. The molecule has 3 aromatic carbocycles. The molecule has 34 heavy (non-hydrogen) atoms. The van der Waals surface area contributed by atoms with Crippen molar-refractivity contribution in [3.8, 4) is 0 Å². The summed E-state index contributed by atoms with van der Waals surface area (Å²) in [5, 5.41) is 2.60. The number of halogens is 3. The van der Waals surface area contributed by atoms with E-state index in [0.717, 1.165) is 17.2 Å². The van der Waals surface area contributed by atoms with Gasteiger partial charge in [-0.25, -0.2) is 4.99 Å². The van der Waals surface area contributed by atoms with Gasteiger partial charge in [0, 0.05) is 24.6 Å². The second-order valence-corrected chi connectivity index (χ2v) is 7.88. The van der Waals surface area contributed by atoms with Gasteiger partial charge in [-0.1, -0.05) is 66.7 Å². The van der Waals surface area contributed by atoms with Crippen molar-refractivity contribution < 1.29 is 22.8 Å². The normalized spacial score (nSPS) is 15.9. The Morgan fingerprint density at radius 2 is 1.62 bits per heavy atom. The van der Waals surface area contributed by atoms with Crippen LogP contribution in [0.5, 0.6) is 0 Å². The molecular weight excluding hydrogens is 443 g/mol. The monoisotopic (exact) mass is 465 g/mol. The number of hydrogen-bond acceptors (Lipinski definition) is 3. The summed E-state index contributed by atoms with van der Waals surface area (Å²) in [5.74, 6) is -1.01. The number of hydrogen-bond donors (Lipinski definition) is 1. The molecule has 0 fully saturated rings. The minimum atomic E-state index is -4.51. The summed E-state index contributed by atoms with van der Waals surface area (Å²) in [4.78, 5) is 31.8. The Morgan fingerprint density at radius 3 is 2.35 bits per heavy atom. The molecule has 0 aromatic heterocycles. The Kier molecular flexibility index (Phi) is 6.49. The molecule has 3 aromatic rings. The predicted molar refractivity (Wildman–Crippen MR) is 124 cm³/mol. The van der Waals surface area contributed by atoms with Crippen molar-refractivity contribution in [1.82, 2.24) is 5.32 Å². The van der Waals surface area contributed by atoms with Crippen LogP contribution in [0.25, 0.3) is 0 Å². The summed E-state index contributed by atoms with van der Waals surface area (Å²) < 4.78 is 39.8. The lowest BCUT2D eigenvalue weighted by atomic mass is 10.0. The number of carbonyl (C=O) groups excluding carboxylic acids is 2. The Hall–Kier alpha value is -3.94. The molecule has 1 N–H and O–H groups in total. The maximum absolute atomic E-state index is 13.3. The van der Waals surface area contributed by atoms with Crippen LogP contribution in [0.15, 0.2) is 83.9 Å². The third kappa shape index (κ3) is 4.85. The van der Waals surface area contributed by atoms with E-state index in [1.165, 1.54) is 23.1 Å². The summed E-state index contributed by atoms with van der Waals surface area (Å²) in [7, 11) is 1.60. The first kappa shape index (κ1) is 23.2. The molecule has 0 radical (unpaired) electrons. The van der Waals surface area contributed by atoms with Gasteiger partial charge in [0.15, 0.2) is 0 Å². The fourth-order valence-corrected chi connectivity index (χ4v) is 3.93. The van der Waals surface area contributed by atoms with E-state index in [9.17, 15) is 22.8 Å². The van der Waals surface area contributed by atoms with Crippen LogP contribution in [0.2, 0.25) is 0 Å². The number of carbonyl (C=O) groups is 2. The molecule has 2 amide bonds. The van der Waals surface area contributed by atoms with Gasteiger partial charge >= 0.3 is 6.18 Å². The molecule has 0 saturated heterocycles. The smallest absolute Gasteiger partial charge is 0.327 e. The van der Waals surface area contributed by atoms with Gasteiger partial charge in [0.25, 0.3) is 5.91 Å². The first-order valence-corrected chi connectivity index (χ1v) is 10.7. The molecule has 0 saturated carbocycles. The van der Waals surface area contributed by atoms with Crippen LogP contribution in [0.4, 0.5) is 18.9 Å². The molecule has 1 unspecified atom stereocenters. The number of para-hydroxylation sites is 1. The van der Waals surface area contributed by atoms with Crippen molar-refractivity contribution in [2.75, 3.05) is 11.9 Å². The number of anilines is 1. The lowest BCUT2D eigenvalue weighted by Crippen LogP contribution is -2.46. The van der Waals surface area contributed by atoms with Crippen LogP contribution in [0.3, 0.4) is 0 Å². The number of amides is 2. The van der Waals surface area contributed by atoms with Crippen molar-refractivity contribution in [3.05, 3.63) is 101 Å². The van der Waals surface area contributed by atoms with Gasteiger partial charge in [0.1, 0.15) is 0 Å². The maximum Gasteiger partial charge on any atom is 0.416 e. The highest BCUT2D eigenvalue weighted by Gasteiger charge is 2.33. The van der Waals surface area contributed by atoms with Crippen molar-refractivity contribution >= 4 is 23.2 Å². The number of rotatable bonds is 5. The number of alkyl halides is 3. The molecule has 1 aliphatic rings. The minimum Gasteiger partial charge on any atom is -0.327 e. The summed E-state index contributed by atoms with van der Waals surface area (Å²) in [6, 6.07) is 21.7. The van der Waals surface area contributed by atoms with Crippen LogP contribution >= 0.6 is 0 Å². The van der Waals surface area contributed by atoms with E-state index in [-0.39, 0.29) is 18.4 Å². The van der Waals surface area contributed by atoms with Crippen LogP contribution in [-0.4, -0.2) is 30.7 Å². The molecule has 174 valence electrons. The third-order valence-electron chi connectivity index (χ3n) is 5.63. The maximum atomic E-state index is 13.3. The Bertz CT molecular complexity index is 1240. The molecule has 1 atom stereocenters. The van der Waals surface area contributed by atoms with Crippen molar-refractivity contribution in [2.24, 2.45) is 4.99 Å². The number of benzene rings is 3. The Labute approximate surface area is 194 Å². The van der Waals surface area contributed by atoms with E-state index in [0.29, 0.717) is 11.4 Å². The Morgan fingerprint density at radius 1 is 0.971 bits per heavy atom. The molecule has 0 aliphatic carbocycles. The van der Waals surface area contributed by atoms with Crippen LogP contribution in [-0.2, 0) is 22.2 Å². The van der Waals surface area contributed by atoms with Gasteiger partial charge in [-0.05, 0) is 24.1 Å². The lowest BCUT2D eigenvalue weighted by molar-refractivity contribution is -0.138. The molecule has 0 bridgehead atoms. The molecule has 5 nitrogen and oxygen atoms in total. The summed E-state index contributed by atoms with van der Waals surface area (Å²) in [5.41, 5.74) is 1.95. The fourth-order valence-electron chi connectivity index (χ4n) is 3.93. The van der Waals surface area contributed by atoms with Gasteiger partial charge in [-0.15, -0.1) is 0 Å². The topological polar surface area (TPSA) is 61.8 Å². The van der Waals surface area contributed by atoms with E-state index >= 15 is 0 Å². The highest BCUT2D eigenvalue weighted by molar-refractivity contribution is 6.20. The highest BCUT2D eigenvalue weighted by atomic mass is 19.4. The molecule has 0 spiro atoms. The number of nitrogens with zero attached hydrogens (tertiary/aromatic N) is 2. The highest BCUT2D eigenvalue weighted by Crippen LogP contribution is 2.32. The van der Waals surface area contributed by atoms with E-state index in [1.54, 1.807) is 13.1 Å². The first-order valence-electron chi connectivity index (χ1n) is 10.7. The summed E-state index contributed by atoms with van der Waals surface area (Å²) >= 11 is 0. The van der Waals surface area contributed by atoms with Crippen LogP contribution in [0, 0.1) is 0 Å². The van der Waals surface area contributed by atoms with E-state index in [2.05, 4.69) is 10.3 Å². The lowest BCUT2D eigenvalue weighted by Gasteiger charge is -2.21. The van der Waals surface area contributed by atoms with E-state index < -0.39 is 29.7 Å². The number of nitrogens with one attached hydrogen (secondary N) is 1. The van der Waals surface area contributed by atoms with Crippen molar-refractivity contribution in [1.29, 1.82) is 0 Å². The largest absolute Gasteiger partial charge is 0.416 e. The van der Waals surface area contributed by atoms with E-state index in [4.69, 9.17) is 0 Å². The Balaban J connectivity index is 1.59. The summed E-state index contributed by atoms with van der Waals surface area (Å²) in [6.45, 7) is 0. The third-order valence-corrected chi connectivity index (χ3v) is 5.63. The standard InChI is InChI=1S/C26H22F3N3O2/c1-32-21-14-8-6-12-19(21)23(18-10-3-2-4-11-18)31-24(25(32)34)30-22(33)16-15-17-9-5-7-13-20(17)26(27,28)29/h2-14,24H,15-16H2,1H3,(H,30,33). The molecule has 4 rings (SSSR count). The van der Waals surface area contributed by atoms with Gasteiger partial charge in [-0.3, -0.25) is 9.59 Å². The number of likely N-dealkylation sites (N-methyl/N-ethyl adjacent to an activating group) is 1.